The lowest BCUT2D eigenvalue weighted by atomic mass is 10.1. The molecule has 0 bridgehead atoms. The first-order chi connectivity index (χ1) is 8.79. The van der Waals surface area contributed by atoms with Gasteiger partial charge in [-0.05, 0) is 30.3 Å². The van der Waals surface area contributed by atoms with E-state index in [1.807, 2.05) is 0 Å². The lowest BCUT2D eigenvalue weighted by Crippen LogP contribution is -2.21. The van der Waals surface area contributed by atoms with Crippen molar-refractivity contribution in [2.75, 3.05) is 13.2 Å². The monoisotopic (exact) mass is 282 g/mol. The van der Waals surface area contributed by atoms with Crippen molar-refractivity contribution in [3.8, 4) is 9.88 Å². The maximum atomic E-state index is 8.82. The Morgan fingerprint density at radius 3 is 3.06 bits per heavy atom. The van der Waals surface area contributed by atoms with E-state index in [9.17, 15) is 0 Å². The molecular formula is C13H18N2OS2. The van der Waals surface area contributed by atoms with Crippen molar-refractivity contribution in [3.05, 3.63) is 28.6 Å². The first-order valence-electron chi connectivity index (χ1n) is 6.09. The minimum absolute atomic E-state index is 0.266. The van der Waals surface area contributed by atoms with Crippen molar-refractivity contribution in [1.29, 1.82) is 0 Å². The summed E-state index contributed by atoms with van der Waals surface area (Å²) in [5.41, 5.74) is 1.10. The summed E-state index contributed by atoms with van der Waals surface area (Å²) in [5, 5.41) is 17.5. The minimum atomic E-state index is 0.266. The number of thiophene rings is 1. The molecule has 2 heterocycles. The Morgan fingerprint density at radius 1 is 1.44 bits per heavy atom. The van der Waals surface area contributed by atoms with Crippen molar-refractivity contribution in [1.82, 2.24) is 10.3 Å². The van der Waals surface area contributed by atoms with Gasteiger partial charge in [0.1, 0.15) is 5.01 Å². The fourth-order valence-electron chi connectivity index (χ4n) is 1.67. The van der Waals surface area contributed by atoms with E-state index in [0.717, 1.165) is 30.2 Å². The number of nitrogens with zero attached hydrogens (tertiary/aromatic N) is 1. The summed E-state index contributed by atoms with van der Waals surface area (Å²) in [6.45, 7) is 4.13. The third-order valence-corrected chi connectivity index (χ3v) is 4.63. The number of thiazole rings is 1. The largest absolute Gasteiger partial charge is 0.396 e. The molecule has 0 aliphatic rings. The summed E-state index contributed by atoms with van der Waals surface area (Å²) in [6.07, 6.45) is 0.852. The Morgan fingerprint density at radius 2 is 2.33 bits per heavy atom. The third kappa shape index (κ3) is 3.88. The number of nitrogens with one attached hydrogen (secondary N) is 1. The van der Waals surface area contributed by atoms with Crippen LogP contribution in [0, 0.1) is 5.92 Å². The zero-order valence-electron chi connectivity index (χ0n) is 10.4. The van der Waals surface area contributed by atoms with E-state index in [1.54, 1.807) is 22.7 Å². The topological polar surface area (TPSA) is 45.1 Å². The molecule has 5 heteroatoms. The number of aromatic nitrogens is 1. The molecule has 0 aliphatic carbocycles. The second kappa shape index (κ2) is 6.99. The smallest absolute Gasteiger partial charge is 0.133 e. The Balaban J connectivity index is 1.81. The van der Waals surface area contributed by atoms with Crippen LogP contribution in [0.2, 0.25) is 0 Å². The molecule has 0 radical (unpaired) electrons. The maximum absolute atomic E-state index is 8.82. The highest BCUT2D eigenvalue weighted by Gasteiger charge is 2.06. The molecule has 0 amide bonds. The average Bonchev–Trinajstić information content (AvgIpc) is 2.99. The lowest BCUT2D eigenvalue weighted by molar-refractivity contribution is 0.260. The number of aliphatic hydroxyl groups is 1. The Labute approximate surface area is 116 Å². The van der Waals surface area contributed by atoms with Crippen LogP contribution in [0.4, 0.5) is 0 Å². The van der Waals surface area contributed by atoms with Gasteiger partial charge >= 0.3 is 0 Å². The first-order valence-corrected chi connectivity index (χ1v) is 7.85. The highest BCUT2D eigenvalue weighted by molar-refractivity contribution is 7.20. The van der Waals surface area contributed by atoms with Crippen molar-refractivity contribution >= 4 is 22.7 Å². The van der Waals surface area contributed by atoms with E-state index in [-0.39, 0.29) is 6.61 Å². The molecule has 2 aromatic rings. The Hall–Kier alpha value is -0.750. The highest BCUT2D eigenvalue weighted by atomic mass is 32.1. The van der Waals surface area contributed by atoms with Crippen LogP contribution in [0.3, 0.4) is 0 Å². The lowest BCUT2D eigenvalue weighted by Gasteiger charge is -2.09. The predicted molar refractivity (Wildman–Crippen MR) is 78.0 cm³/mol. The quantitative estimate of drug-likeness (QED) is 0.820. The molecule has 2 rings (SSSR count). The van der Waals surface area contributed by atoms with Gasteiger partial charge in [-0.1, -0.05) is 13.0 Å². The van der Waals surface area contributed by atoms with Crippen LogP contribution in [0.1, 0.15) is 19.0 Å². The fraction of sp³-hybridized carbons (Fsp3) is 0.462. The van der Waals surface area contributed by atoms with Crippen LogP contribution in [-0.2, 0) is 6.54 Å². The molecule has 1 atom stereocenters. The minimum Gasteiger partial charge on any atom is -0.396 e. The van der Waals surface area contributed by atoms with Gasteiger partial charge in [0.05, 0.1) is 10.6 Å². The van der Waals surface area contributed by atoms with Gasteiger partial charge < -0.3 is 10.4 Å². The second-order valence-corrected chi connectivity index (χ2v) is 6.18. The van der Waals surface area contributed by atoms with Crippen LogP contribution in [0.5, 0.6) is 0 Å². The summed E-state index contributed by atoms with van der Waals surface area (Å²) in [5.74, 6) is 0.505. The van der Waals surface area contributed by atoms with E-state index >= 15 is 0 Å². The molecule has 0 spiro atoms. The van der Waals surface area contributed by atoms with Crippen molar-refractivity contribution in [3.63, 3.8) is 0 Å². The highest BCUT2D eigenvalue weighted by Crippen LogP contribution is 2.27. The van der Waals surface area contributed by atoms with Gasteiger partial charge in [0.25, 0.3) is 0 Å². The maximum Gasteiger partial charge on any atom is 0.133 e. The molecule has 18 heavy (non-hydrogen) atoms. The molecule has 2 aromatic heterocycles. The average molecular weight is 282 g/mol. The SMILES string of the molecule is CC(CCO)CNCc1csc(-c2cccs2)n1. The van der Waals surface area contributed by atoms with Crippen molar-refractivity contribution in [2.24, 2.45) is 5.92 Å². The van der Waals surface area contributed by atoms with Crippen LogP contribution in [-0.4, -0.2) is 23.2 Å². The molecule has 0 saturated heterocycles. The van der Waals surface area contributed by atoms with E-state index < -0.39 is 0 Å². The number of hydrogen-bond acceptors (Lipinski definition) is 5. The van der Waals surface area contributed by atoms with Gasteiger partial charge in [-0.2, -0.15) is 0 Å². The van der Waals surface area contributed by atoms with Crippen LogP contribution >= 0.6 is 22.7 Å². The van der Waals surface area contributed by atoms with Crippen LogP contribution in [0.25, 0.3) is 9.88 Å². The molecule has 3 nitrogen and oxygen atoms in total. The molecule has 1 unspecified atom stereocenters. The molecule has 98 valence electrons. The molecule has 2 N–H and O–H groups in total. The van der Waals surface area contributed by atoms with E-state index in [0.29, 0.717) is 5.92 Å². The van der Waals surface area contributed by atoms with Crippen molar-refractivity contribution in [2.45, 2.75) is 19.9 Å². The summed E-state index contributed by atoms with van der Waals surface area (Å²) < 4.78 is 0. The van der Waals surface area contributed by atoms with Gasteiger partial charge in [-0.3, -0.25) is 0 Å². The standard InChI is InChI=1S/C13H18N2OS2/c1-10(4-5-16)7-14-8-11-9-18-13(15-11)12-3-2-6-17-12/h2-3,6,9-10,14,16H,4-5,7-8H2,1H3. The zero-order valence-corrected chi connectivity index (χ0v) is 12.1. The summed E-state index contributed by atoms with van der Waals surface area (Å²) in [7, 11) is 0. The van der Waals surface area contributed by atoms with Gasteiger partial charge in [0.15, 0.2) is 0 Å². The summed E-state index contributed by atoms with van der Waals surface area (Å²) >= 11 is 3.42. The zero-order chi connectivity index (χ0) is 12.8. The number of aliphatic hydroxyl groups excluding tert-OH is 1. The first kappa shape index (κ1) is 13.7. The van der Waals surface area contributed by atoms with Crippen LogP contribution < -0.4 is 5.32 Å². The van der Waals surface area contributed by atoms with Gasteiger partial charge in [0.2, 0.25) is 0 Å². The van der Waals surface area contributed by atoms with Gasteiger partial charge in [-0.25, -0.2) is 4.98 Å². The van der Waals surface area contributed by atoms with Gasteiger partial charge in [-0.15, -0.1) is 22.7 Å². The molecule has 0 saturated carbocycles. The molecular weight excluding hydrogens is 264 g/mol. The summed E-state index contributed by atoms with van der Waals surface area (Å²) in [6, 6.07) is 4.15. The summed E-state index contributed by atoms with van der Waals surface area (Å²) in [4.78, 5) is 5.85. The number of rotatable bonds is 7. The second-order valence-electron chi connectivity index (χ2n) is 4.37. The van der Waals surface area contributed by atoms with Crippen LogP contribution in [0.15, 0.2) is 22.9 Å². The van der Waals surface area contributed by atoms with Gasteiger partial charge in [0, 0.05) is 18.5 Å². The third-order valence-electron chi connectivity index (χ3n) is 2.70. The van der Waals surface area contributed by atoms with E-state index in [4.69, 9.17) is 5.11 Å². The normalized spacial score (nSPS) is 12.8. The molecule has 0 aliphatic heterocycles. The van der Waals surface area contributed by atoms with Crippen molar-refractivity contribution < 1.29 is 5.11 Å². The van der Waals surface area contributed by atoms with E-state index in [1.165, 1.54) is 4.88 Å². The molecule has 0 aromatic carbocycles. The predicted octanol–water partition coefficient (Wildman–Crippen LogP) is 2.98. The Bertz CT molecular complexity index is 453. The molecule has 0 fully saturated rings. The Kier molecular flexibility index (Phi) is 5.31. The van der Waals surface area contributed by atoms with E-state index in [2.05, 4.69) is 40.1 Å². The fourth-order valence-corrected chi connectivity index (χ4v) is 3.30. The number of hydrogen-bond donors (Lipinski definition) is 2.